The summed E-state index contributed by atoms with van der Waals surface area (Å²) >= 11 is 5.53. The van der Waals surface area contributed by atoms with Gasteiger partial charge in [-0.1, -0.05) is 0 Å². The molecule has 0 aliphatic heterocycles. The van der Waals surface area contributed by atoms with Gasteiger partial charge in [0.05, 0.1) is 0 Å². The van der Waals surface area contributed by atoms with Gasteiger partial charge >= 0.3 is 53.7 Å². The van der Waals surface area contributed by atoms with Crippen molar-refractivity contribution in [2.75, 3.05) is 5.75 Å². The average Bonchev–Trinajstić information content (AvgIpc) is 1.41. The fourth-order valence-electron chi connectivity index (χ4n) is 0.0707. The zero-order valence-corrected chi connectivity index (χ0v) is 7.39. The van der Waals surface area contributed by atoms with E-state index >= 15 is 0 Å². The topological polar surface area (TPSA) is 0 Å². The summed E-state index contributed by atoms with van der Waals surface area (Å²) in [5.74, 6) is 1.07. The van der Waals surface area contributed by atoms with E-state index in [0.717, 1.165) is 5.75 Å². The Morgan fingerprint density at radius 1 is 1.60 bits per heavy atom. The van der Waals surface area contributed by atoms with Crippen LogP contribution in [-0.4, -0.2) is 30.5 Å². The predicted molar refractivity (Wildman–Crippen MR) is 29.0 cm³/mol. The Balaban J connectivity index is 2.19. The van der Waals surface area contributed by atoms with E-state index < -0.39 is 0 Å². The summed E-state index contributed by atoms with van der Waals surface area (Å²) in [6, 6.07) is 0. The van der Waals surface area contributed by atoms with Crippen molar-refractivity contribution in [3.8, 4) is 0 Å². The number of hydrogen-bond donors (Lipinski definition) is 1. The first kappa shape index (κ1) is 6.23. The van der Waals surface area contributed by atoms with Crippen LogP contribution < -0.4 is 0 Å². The second-order valence-electron chi connectivity index (χ2n) is 0.801. The molecule has 0 atom stereocenters. The monoisotopic (exact) mass is 284 g/mol. The molecule has 0 aromatic heterocycles. The molecule has 0 saturated heterocycles. The van der Waals surface area contributed by atoms with Gasteiger partial charge in [-0.3, -0.25) is 0 Å². The number of hydrogen-bond acceptors (Lipinski definition) is 1. The van der Waals surface area contributed by atoms with Gasteiger partial charge < -0.3 is 0 Å². The summed E-state index contributed by atoms with van der Waals surface area (Å²) < 4.78 is 1.38. The third-order valence-corrected chi connectivity index (χ3v) is 1.86. The zero-order valence-electron chi connectivity index (χ0n) is 3.02. The van der Waals surface area contributed by atoms with E-state index in [1.165, 1.54) is 35.3 Å². The Bertz CT molecular complexity index is 14.4. The van der Waals surface area contributed by atoms with Crippen LogP contribution in [0.4, 0.5) is 0 Å². The van der Waals surface area contributed by atoms with Crippen molar-refractivity contribution in [2.45, 2.75) is 10.5 Å². The van der Waals surface area contributed by atoms with Crippen LogP contribution in [0.2, 0.25) is 4.13 Å². The first-order valence-electron chi connectivity index (χ1n) is 1.63. The molecule has 28 valence electrons. The van der Waals surface area contributed by atoms with Gasteiger partial charge in [-0.2, -0.15) is 0 Å². The van der Waals surface area contributed by atoms with E-state index in [0.29, 0.717) is 0 Å². The molecule has 0 spiro atoms. The van der Waals surface area contributed by atoms with E-state index in [4.69, 9.17) is 0 Å². The van der Waals surface area contributed by atoms with Crippen LogP contribution in [0.25, 0.3) is 0 Å². The molecule has 0 N–H and O–H groups in total. The Kier molecular flexibility index (Phi) is 6.52. The Labute approximate surface area is 53.6 Å². The van der Waals surface area contributed by atoms with E-state index in [2.05, 4.69) is 12.6 Å². The molecule has 0 rings (SSSR count). The molecule has 5 heavy (non-hydrogen) atoms. The molecule has 2 radical (unpaired) electrons. The Hall–Kier alpha value is 1.23. The molecule has 0 bridgehead atoms. The first-order valence-corrected chi connectivity index (χ1v) is 4.72. The van der Waals surface area contributed by atoms with Gasteiger partial charge in [-0.05, 0) is 0 Å². The van der Waals surface area contributed by atoms with Crippen LogP contribution in [0.15, 0.2) is 0 Å². The van der Waals surface area contributed by atoms with E-state index in [1.807, 2.05) is 0 Å². The van der Waals surface area contributed by atoms with Gasteiger partial charge in [0.15, 0.2) is 0 Å². The molecule has 0 aromatic carbocycles. The van der Waals surface area contributed by atoms with Crippen molar-refractivity contribution >= 4 is 37.3 Å². The molecule has 0 amide bonds. The first-order chi connectivity index (χ1) is 2.41. The normalized spacial score (nSPS) is 8.20. The summed E-state index contributed by atoms with van der Waals surface area (Å²) in [7, 11) is 0. The minimum absolute atomic E-state index is 1.07. The maximum absolute atomic E-state index is 4.02. The van der Waals surface area contributed by atoms with Crippen LogP contribution in [0.5, 0.6) is 0 Å². The quantitative estimate of drug-likeness (QED) is 0.565. The van der Waals surface area contributed by atoms with Crippen molar-refractivity contribution in [1.29, 1.82) is 0 Å². The molecule has 2 heteroatoms. The summed E-state index contributed by atoms with van der Waals surface area (Å²) in [6.45, 7) is 0. The number of rotatable bonds is 2. The molecule has 0 unspecified atom stereocenters. The SMILES string of the molecule is SCC[CH2][Bi+2]. The standard InChI is InChI=1S/C3H7S.Bi/c1-2-3-4;/h4H,1-3H2;/q;+2. The molecular formula is C3H7BiS+2. The average molecular weight is 284 g/mol. The molecule has 0 aliphatic carbocycles. The minimum atomic E-state index is 1.07. The summed E-state index contributed by atoms with van der Waals surface area (Å²) in [4.78, 5) is 0. The molecule has 0 aromatic rings. The summed E-state index contributed by atoms with van der Waals surface area (Å²) in [5.41, 5.74) is 0. The molecule has 0 fully saturated rings. The summed E-state index contributed by atoms with van der Waals surface area (Å²) in [5, 5.41) is 0. The molecule has 0 nitrogen and oxygen atoms in total. The maximum atomic E-state index is 4.02. The predicted octanol–water partition coefficient (Wildman–Crippen LogP) is 0.893. The van der Waals surface area contributed by atoms with Gasteiger partial charge in [0.1, 0.15) is 0 Å². The van der Waals surface area contributed by atoms with E-state index in [-0.39, 0.29) is 0 Å². The van der Waals surface area contributed by atoms with Gasteiger partial charge in [-0.25, -0.2) is 0 Å². The van der Waals surface area contributed by atoms with Crippen molar-refractivity contribution in [1.82, 2.24) is 0 Å². The third-order valence-electron chi connectivity index (χ3n) is 0.316. The van der Waals surface area contributed by atoms with Crippen LogP contribution in [0.1, 0.15) is 6.42 Å². The third kappa shape index (κ3) is 5.23. The second-order valence-corrected chi connectivity index (χ2v) is 2.99. The van der Waals surface area contributed by atoms with E-state index in [9.17, 15) is 0 Å². The van der Waals surface area contributed by atoms with Gasteiger partial charge in [0, 0.05) is 0 Å². The molecule has 0 saturated carbocycles. The van der Waals surface area contributed by atoms with Crippen molar-refractivity contribution in [2.24, 2.45) is 0 Å². The van der Waals surface area contributed by atoms with Crippen LogP contribution >= 0.6 is 12.6 Å². The van der Waals surface area contributed by atoms with Crippen LogP contribution in [0, 0.1) is 0 Å². The second kappa shape index (κ2) is 5.23. The van der Waals surface area contributed by atoms with Crippen molar-refractivity contribution in [3.63, 3.8) is 0 Å². The van der Waals surface area contributed by atoms with Crippen molar-refractivity contribution < 1.29 is 0 Å². The molecule has 0 aliphatic rings. The molecular weight excluding hydrogens is 277 g/mol. The van der Waals surface area contributed by atoms with Crippen molar-refractivity contribution in [3.05, 3.63) is 0 Å². The zero-order chi connectivity index (χ0) is 4.12. The van der Waals surface area contributed by atoms with Crippen LogP contribution in [-0.2, 0) is 0 Å². The van der Waals surface area contributed by atoms with Gasteiger partial charge in [-0.15, -0.1) is 0 Å². The van der Waals surface area contributed by atoms with Crippen LogP contribution in [0.3, 0.4) is 0 Å². The molecule has 0 heterocycles. The van der Waals surface area contributed by atoms with Gasteiger partial charge in [0.25, 0.3) is 0 Å². The van der Waals surface area contributed by atoms with E-state index in [1.54, 1.807) is 0 Å². The fourth-order valence-corrected chi connectivity index (χ4v) is 1.86. The Morgan fingerprint density at radius 3 is 2.20 bits per heavy atom. The fraction of sp³-hybridized carbons (Fsp3) is 1.00. The summed E-state index contributed by atoms with van der Waals surface area (Å²) in [6.07, 6.45) is 1.30. The number of thiol groups is 1. The Morgan fingerprint density at radius 2 is 2.20 bits per heavy atom. The van der Waals surface area contributed by atoms with Gasteiger partial charge in [0.2, 0.25) is 0 Å².